The molecule has 1 atom stereocenters. The molecular formula is C13H17BrClFN2O2. The zero-order valence-electron chi connectivity index (χ0n) is 10.9. The average molecular weight is 368 g/mol. The van der Waals surface area contributed by atoms with Gasteiger partial charge in [-0.15, -0.1) is 12.4 Å². The summed E-state index contributed by atoms with van der Waals surface area (Å²) < 4.78 is 19.4. The van der Waals surface area contributed by atoms with Crippen LogP contribution in [0.5, 0.6) is 5.75 Å². The summed E-state index contributed by atoms with van der Waals surface area (Å²) in [4.78, 5) is 13.7. The molecule has 0 radical (unpaired) electrons. The maximum atomic E-state index is 13.5. The van der Waals surface area contributed by atoms with E-state index in [1.807, 2.05) is 0 Å². The molecule has 20 heavy (non-hydrogen) atoms. The quantitative estimate of drug-likeness (QED) is 0.889. The third-order valence-corrected chi connectivity index (χ3v) is 3.71. The van der Waals surface area contributed by atoms with E-state index in [0.717, 1.165) is 12.8 Å². The summed E-state index contributed by atoms with van der Waals surface area (Å²) in [5, 5.41) is 0. The van der Waals surface area contributed by atoms with Crippen LogP contribution in [0.2, 0.25) is 0 Å². The highest BCUT2D eigenvalue weighted by Gasteiger charge is 2.27. The molecule has 0 spiro atoms. The highest BCUT2D eigenvalue weighted by molar-refractivity contribution is 9.10. The van der Waals surface area contributed by atoms with Crippen molar-refractivity contribution < 1.29 is 13.9 Å². The molecule has 1 amide bonds. The Morgan fingerprint density at radius 3 is 2.95 bits per heavy atom. The molecule has 1 fully saturated rings. The van der Waals surface area contributed by atoms with Crippen LogP contribution in [-0.2, 0) is 4.79 Å². The molecule has 1 aliphatic rings. The summed E-state index contributed by atoms with van der Waals surface area (Å²) in [5.74, 6) is -0.547. The second kappa shape index (κ2) is 7.81. The molecule has 1 aromatic carbocycles. The SMILES string of the molecule is Cl.NCC1CCCN1C(=O)COc1ccc(Br)cc1F. The van der Waals surface area contributed by atoms with Gasteiger partial charge in [-0.1, -0.05) is 15.9 Å². The van der Waals surface area contributed by atoms with Gasteiger partial charge in [-0.2, -0.15) is 0 Å². The molecule has 112 valence electrons. The normalized spacial score (nSPS) is 17.8. The van der Waals surface area contributed by atoms with E-state index in [2.05, 4.69) is 15.9 Å². The number of hydrogen-bond acceptors (Lipinski definition) is 3. The molecule has 2 rings (SSSR count). The van der Waals surface area contributed by atoms with E-state index in [0.29, 0.717) is 17.6 Å². The maximum absolute atomic E-state index is 13.5. The van der Waals surface area contributed by atoms with E-state index >= 15 is 0 Å². The minimum absolute atomic E-state index is 0. The van der Waals surface area contributed by atoms with Crippen molar-refractivity contribution in [2.75, 3.05) is 19.7 Å². The summed E-state index contributed by atoms with van der Waals surface area (Å²) in [6.45, 7) is 1.00. The Morgan fingerprint density at radius 2 is 2.30 bits per heavy atom. The number of ether oxygens (including phenoxy) is 1. The first-order valence-electron chi connectivity index (χ1n) is 6.19. The van der Waals surface area contributed by atoms with E-state index < -0.39 is 5.82 Å². The monoisotopic (exact) mass is 366 g/mol. The first kappa shape index (κ1) is 17.2. The van der Waals surface area contributed by atoms with Crippen molar-refractivity contribution in [3.63, 3.8) is 0 Å². The predicted octanol–water partition coefficient (Wildman–Crippen LogP) is 2.34. The number of nitrogens with two attached hydrogens (primary N) is 1. The van der Waals surface area contributed by atoms with Crippen molar-refractivity contribution in [1.82, 2.24) is 4.90 Å². The Morgan fingerprint density at radius 1 is 1.55 bits per heavy atom. The predicted molar refractivity (Wildman–Crippen MR) is 80.6 cm³/mol. The zero-order chi connectivity index (χ0) is 13.8. The number of likely N-dealkylation sites (tertiary alicyclic amines) is 1. The molecule has 1 unspecified atom stereocenters. The summed E-state index contributed by atoms with van der Waals surface area (Å²) in [6, 6.07) is 4.56. The first-order valence-corrected chi connectivity index (χ1v) is 6.98. The van der Waals surface area contributed by atoms with Crippen LogP contribution in [0.4, 0.5) is 4.39 Å². The van der Waals surface area contributed by atoms with Gasteiger partial charge in [-0.3, -0.25) is 4.79 Å². The number of benzene rings is 1. The van der Waals surface area contributed by atoms with Crippen LogP contribution in [0, 0.1) is 5.82 Å². The summed E-state index contributed by atoms with van der Waals surface area (Å²) in [6.07, 6.45) is 1.88. The van der Waals surface area contributed by atoms with E-state index in [4.69, 9.17) is 10.5 Å². The summed E-state index contributed by atoms with van der Waals surface area (Å²) >= 11 is 3.16. The molecule has 0 saturated carbocycles. The second-order valence-corrected chi connectivity index (χ2v) is 5.40. The van der Waals surface area contributed by atoms with Gasteiger partial charge in [-0.05, 0) is 31.0 Å². The van der Waals surface area contributed by atoms with E-state index in [-0.39, 0.29) is 36.7 Å². The molecule has 1 aromatic rings. The lowest BCUT2D eigenvalue weighted by Gasteiger charge is -2.23. The van der Waals surface area contributed by atoms with Crippen molar-refractivity contribution in [3.8, 4) is 5.75 Å². The molecule has 4 nitrogen and oxygen atoms in total. The van der Waals surface area contributed by atoms with E-state index in [1.165, 1.54) is 12.1 Å². The van der Waals surface area contributed by atoms with Crippen LogP contribution in [-0.4, -0.2) is 36.5 Å². The smallest absolute Gasteiger partial charge is 0.260 e. The van der Waals surface area contributed by atoms with Crippen LogP contribution in [0.1, 0.15) is 12.8 Å². The van der Waals surface area contributed by atoms with Crippen LogP contribution in [0.25, 0.3) is 0 Å². The number of rotatable bonds is 4. The summed E-state index contributed by atoms with van der Waals surface area (Å²) in [5.41, 5.74) is 5.61. The van der Waals surface area contributed by atoms with Crippen LogP contribution in [0.3, 0.4) is 0 Å². The van der Waals surface area contributed by atoms with Gasteiger partial charge < -0.3 is 15.4 Å². The standard InChI is InChI=1S/C13H16BrFN2O2.ClH/c14-9-3-4-12(11(15)6-9)19-8-13(18)17-5-1-2-10(17)7-16;/h3-4,6,10H,1-2,5,7-8,16H2;1H. The highest BCUT2D eigenvalue weighted by Crippen LogP contribution is 2.22. The Kier molecular flexibility index (Phi) is 6.71. The molecule has 7 heteroatoms. The minimum Gasteiger partial charge on any atom is -0.481 e. The van der Waals surface area contributed by atoms with Crippen molar-refractivity contribution in [1.29, 1.82) is 0 Å². The van der Waals surface area contributed by atoms with Crippen molar-refractivity contribution in [2.24, 2.45) is 5.73 Å². The van der Waals surface area contributed by atoms with Crippen molar-refractivity contribution in [3.05, 3.63) is 28.5 Å². The molecule has 0 aliphatic carbocycles. The van der Waals surface area contributed by atoms with Gasteiger partial charge in [0, 0.05) is 23.6 Å². The molecule has 1 aliphatic heterocycles. The topological polar surface area (TPSA) is 55.6 Å². The second-order valence-electron chi connectivity index (χ2n) is 4.48. The van der Waals surface area contributed by atoms with Crippen LogP contribution >= 0.6 is 28.3 Å². The fraction of sp³-hybridized carbons (Fsp3) is 0.462. The number of hydrogen-bond donors (Lipinski definition) is 1. The third-order valence-electron chi connectivity index (χ3n) is 3.21. The van der Waals surface area contributed by atoms with Gasteiger partial charge in [0.25, 0.3) is 5.91 Å². The molecule has 1 saturated heterocycles. The first-order chi connectivity index (χ1) is 9.11. The van der Waals surface area contributed by atoms with Gasteiger partial charge in [0.1, 0.15) is 0 Å². The molecule has 2 N–H and O–H groups in total. The number of nitrogens with zero attached hydrogens (tertiary/aromatic N) is 1. The number of halogens is 3. The Labute approximate surface area is 132 Å². The lowest BCUT2D eigenvalue weighted by atomic mass is 10.2. The van der Waals surface area contributed by atoms with Crippen molar-refractivity contribution in [2.45, 2.75) is 18.9 Å². The maximum Gasteiger partial charge on any atom is 0.260 e. The average Bonchev–Trinajstić information content (AvgIpc) is 2.85. The molecular weight excluding hydrogens is 351 g/mol. The van der Waals surface area contributed by atoms with E-state index in [1.54, 1.807) is 11.0 Å². The van der Waals surface area contributed by atoms with Crippen LogP contribution < -0.4 is 10.5 Å². The number of carbonyl (C=O) groups is 1. The fourth-order valence-electron chi connectivity index (χ4n) is 2.22. The van der Waals surface area contributed by atoms with Crippen molar-refractivity contribution >= 4 is 34.2 Å². The van der Waals surface area contributed by atoms with Gasteiger partial charge in [0.2, 0.25) is 0 Å². The molecule has 1 heterocycles. The van der Waals surface area contributed by atoms with Crippen LogP contribution in [0.15, 0.2) is 22.7 Å². The highest BCUT2D eigenvalue weighted by atomic mass is 79.9. The fourth-order valence-corrected chi connectivity index (χ4v) is 2.56. The zero-order valence-corrected chi connectivity index (χ0v) is 13.3. The van der Waals surface area contributed by atoms with E-state index in [9.17, 15) is 9.18 Å². The summed E-state index contributed by atoms with van der Waals surface area (Å²) in [7, 11) is 0. The molecule has 0 bridgehead atoms. The van der Waals surface area contributed by atoms with Gasteiger partial charge >= 0.3 is 0 Å². The Hall–Kier alpha value is -0.850. The minimum atomic E-state index is -0.487. The largest absolute Gasteiger partial charge is 0.481 e. The molecule has 0 aromatic heterocycles. The lowest BCUT2D eigenvalue weighted by molar-refractivity contribution is -0.134. The van der Waals surface area contributed by atoms with Gasteiger partial charge in [-0.25, -0.2) is 4.39 Å². The number of carbonyl (C=O) groups excluding carboxylic acids is 1. The Balaban J connectivity index is 0.00000200. The third kappa shape index (κ3) is 4.07. The lowest BCUT2D eigenvalue weighted by Crippen LogP contribution is -2.42. The van der Waals surface area contributed by atoms with Gasteiger partial charge in [0.15, 0.2) is 18.2 Å². The van der Waals surface area contributed by atoms with Gasteiger partial charge in [0.05, 0.1) is 0 Å². The number of amides is 1. The Bertz CT molecular complexity index is 476.